The molecule has 0 aromatic rings. The Kier molecular flexibility index (Phi) is 5.54. The fraction of sp³-hybridized carbons (Fsp3) is 1.00. The van der Waals surface area contributed by atoms with Crippen LogP contribution in [0.1, 0.15) is 72.1 Å². The molecule has 1 N–H and O–H groups in total. The molecule has 1 nitrogen and oxygen atoms in total. The first-order valence-corrected chi connectivity index (χ1v) is 8.47. The van der Waals surface area contributed by atoms with Crippen LogP contribution >= 0.6 is 0 Å². The summed E-state index contributed by atoms with van der Waals surface area (Å²) in [5, 5.41) is 3.84. The Balaban J connectivity index is 1.83. The summed E-state index contributed by atoms with van der Waals surface area (Å²) in [7, 11) is 0. The Bertz CT molecular complexity index is 238. The second-order valence-electron chi connectivity index (χ2n) is 7.00. The van der Waals surface area contributed by atoms with E-state index in [9.17, 15) is 0 Å². The van der Waals surface area contributed by atoms with Crippen molar-refractivity contribution in [2.75, 3.05) is 6.54 Å². The SMILES string of the molecule is CCCNC(CC1CC2CCC1C2)C(C)CCC. The first kappa shape index (κ1) is 14.4. The molecule has 106 valence electrons. The van der Waals surface area contributed by atoms with Crippen LogP contribution in [0.25, 0.3) is 0 Å². The van der Waals surface area contributed by atoms with Crippen LogP contribution in [0, 0.1) is 23.7 Å². The van der Waals surface area contributed by atoms with Crippen molar-refractivity contribution in [2.24, 2.45) is 23.7 Å². The maximum absolute atomic E-state index is 3.84. The summed E-state index contributed by atoms with van der Waals surface area (Å²) in [6.45, 7) is 8.28. The Morgan fingerprint density at radius 3 is 2.50 bits per heavy atom. The van der Waals surface area contributed by atoms with Gasteiger partial charge in [0.05, 0.1) is 0 Å². The topological polar surface area (TPSA) is 12.0 Å². The van der Waals surface area contributed by atoms with Crippen molar-refractivity contribution in [3.05, 3.63) is 0 Å². The zero-order valence-electron chi connectivity index (χ0n) is 12.8. The Morgan fingerprint density at radius 2 is 1.94 bits per heavy atom. The average molecular weight is 251 g/mol. The van der Waals surface area contributed by atoms with Gasteiger partial charge in [0, 0.05) is 6.04 Å². The lowest BCUT2D eigenvalue weighted by atomic mass is 9.80. The highest BCUT2D eigenvalue weighted by molar-refractivity contribution is 4.92. The van der Waals surface area contributed by atoms with Gasteiger partial charge in [-0.25, -0.2) is 0 Å². The van der Waals surface area contributed by atoms with E-state index in [0.29, 0.717) is 0 Å². The van der Waals surface area contributed by atoms with Gasteiger partial charge in [-0.3, -0.25) is 0 Å². The third-order valence-corrected chi connectivity index (χ3v) is 5.53. The van der Waals surface area contributed by atoms with E-state index in [1.807, 2.05) is 0 Å². The van der Waals surface area contributed by atoms with Crippen LogP contribution in [0.15, 0.2) is 0 Å². The molecule has 2 bridgehead atoms. The van der Waals surface area contributed by atoms with Crippen molar-refractivity contribution in [3.8, 4) is 0 Å². The van der Waals surface area contributed by atoms with Gasteiger partial charge in [-0.2, -0.15) is 0 Å². The Morgan fingerprint density at radius 1 is 1.11 bits per heavy atom. The molecule has 2 rings (SSSR count). The minimum absolute atomic E-state index is 0.786. The second-order valence-corrected chi connectivity index (χ2v) is 7.00. The zero-order valence-corrected chi connectivity index (χ0v) is 12.8. The summed E-state index contributed by atoms with van der Waals surface area (Å²) in [6.07, 6.45) is 11.6. The van der Waals surface area contributed by atoms with Crippen molar-refractivity contribution in [2.45, 2.75) is 78.2 Å². The molecular weight excluding hydrogens is 218 g/mol. The number of hydrogen-bond donors (Lipinski definition) is 1. The van der Waals surface area contributed by atoms with E-state index in [1.54, 1.807) is 19.3 Å². The maximum atomic E-state index is 3.84. The second kappa shape index (κ2) is 6.93. The molecule has 1 heteroatoms. The summed E-state index contributed by atoms with van der Waals surface area (Å²) >= 11 is 0. The van der Waals surface area contributed by atoms with E-state index >= 15 is 0 Å². The Hall–Kier alpha value is -0.0400. The van der Waals surface area contributed by atoms with Crippen molar-refractivity contribution < 1.29 is 0 Å². The fourth-order valence-corrected chi connectivity index (χ4v) is 4.49. The molecule has 0 amide bonds. The lowest BCUT2D eigenvalue weighted by Crippen LogP contribution is -2.38. The molecule has 0 heterocycles. The highest BCUT2D eigenvalue weighted by atomic mass is 14.9. The zero-order chi connectivity index (χ0) is 13.0. The van der Waals surface area contributed by atoms with E-state index in [4.69, 9.17) is 0 Å². The lowest BCUT2D eigenvalue weighted by molar-refractivity contribution is 0.237. The minimum atomic E-state index is 0.786. The van der Waals surface area contributed by atoms with E-state index in [2.05, 4.69) is 26.1 Å². The molecule has 2 aliphatic rings. The summed E-state index contributed by atoms with van der Waals surface area (Å²) in [4.78, 5) is 0. The van der Waals surface area contributed by atoms with Crippen molar-refractivity contribution >= 4 is 0 Å². The predicted molar refractivity (Wildman–Crippen MR) is 79.7 cm³/mol. The van der Waals surface area contributed by atoms with Gasteiger partial charge < -0.3 is 5.32 Å². The van der Waals surface area contributed by atoms with Crippen LogP contribution in [0.3, 0.4) is 0 Å². The van der Waals surface area contributed by atoms with Gasteiger partial charge in [0.2, 0.25) is 0 Å². The molecule has 2 aliphatic carbocycles. The molecule has 2 saturated carbocycles. The maximum Gasteiger partial charge on any atom is 0.00954 e. The summed E-state index contributed by atoms with van der Waals surface area (Å²) < 4.78 is 0. The number of fused-ring (bicyclic) bond motifs is 2. The van der Waals surface area contributed by atoms with Crippen LogP contribution < -0.4 is 5.32 Å². The van der Waals surface area contributed by atoms with Gasteiger partial charge in [0.1, 0.15) is 0 Å². The molecule has 0 aromatic carbocycles. The average Bonchev–Trinajstić information content (AvgIpc) is 2.96. The largest absolute Gasteiger partial charge is 0.314 e. The molecule has 2 fully saturated rings. The molecule has 18 heavy (non-hydrogen) atoms. The standard InChI is InChI=1S/C17H33N/c1-4-6-13(3)17(18-9-5-2)12-16-11-14-7-8-15(16)10-14/h13-18H,4-12H2,1-3H3. The van der Waals surface area contributed by atoms with E-state index < -0.39 is 0 Å². The first-order chi connectivity index (χ1) is 8.74. The van der Waals surface area contributed by atoms with E-state index in [0.717, 1.165) is 29.7 Å². The van der Waals surface area contributed by atoms with Crippen LogP contribution in [-0.2, 0) is 0 Å². The monoisotopic (exact) mass is 251 g/mol. The van der Waals surface area contributed by atoms with Gasteiger partial charge in [0.15, 0.2) is 0 Å². The molecule has 0 radical (unpaired) electrons. The highest BCUT2D eigenvalue weighted by Crippen LogP contribution is 2.50. The summed E-state index contributed by atoms with van der Waals surface area (Å²) in [5.74, 6) is 4.11. The van der Waals surface area contributed by atoms with Gasteiger partial charge in [-0.05, 0) is 68.7 Å². The van der Waals surface area contributed by atoms with Crippen LogP contribution in [0.4, 0.5) is 0 Å². The fourth-order valence-electron chi connectivity index (χ4n) is 4.49. The van der Waals surface area contributed by atoms with Crippen molar-refractivity contribution in [1.82, 2.24) is 5.32 Å². The quantitative estimate of drug-likeness (QED) is 0.664. The van der Waals surface area contributed by atoms with Crippen molar-refractivity contribution in [1.29, 1.82) is 0 Å². The minimum Gasteiger partial charge on any atom is -0.314 e. The third-order valence-electron chi connectivity index (χ3n) is 5.53. The Labute approximate surface area is 114 Å². The van der Waals surface area contributed by atoms with Gasteiger partial charge >= 0.3 is 0 Å². The normalized spacial score (nSPS) is 33.8. The van der Waals surface area contributed by atoms with Crippen LogP contribution in [0.5, 0.6) is 0 Å². The van der Waals surface area contributed by atoms with Gasteiger partial charge in [-0.15, -0.1) is 0 Å². The number of nitrogens with one attached hydrogen (secondary N) is 1. The molecule has 0 saturated heterocycles. The smallest absolute Gasteiger partial charge is 0.00954 e. The van der Waals surface area contributed by atoms with Crippen LogP contribution in [-0.4, -0.2) is 12.6 Å². The molecule has 5 unspecified atom stereocenters. The van der Waals surface area contributed by atoms with Gasteiger partial charge in [-0.1, -0.05) is 33.6 Å². The molecule has 0 spiro atoms. The van der Waals surface area contributed by atoms with Crippen LogP contribution in [0.2, 0.25) is 0 Å². The number of hydrogen-bond acceptors (Lipinski definition) is 1. The molecule has 0 aliphatic heterocycles. The predicted octanol–water partition coefficient (Wildman–Crippen LogP) is 4.62. The molecule has 5 atom stereocenters. The number of rotatable bonds is 8. The van der Waals surface area contributed by atoms with E-state index in [-0.39, 0.29) is 0 Å². The lowest BCUT2D eigenvalue weighted by Gasteiger charge is -2.31. The van der Waals surface area contributed by atoms with Gasteiger partial charge in [0.25, 0.3) is 0 Å². The third kappa shape index (κ3) is 3.50. The first-order valence-electron chi connectivity index (χ1n) is 8.47. The summed E-state index contributed by atoms with van der Waals surface area (Å²) in [6, 6.07) is 0.786. The summed E-state index contributed by atoms with van der Waals surface area (Å²) in [5.41, 5.74) is 0. The highest BCUT2D eigenvalue weighted by Gasteiger charge is 2.40. The van der Waals surface area contributed by atoms with Crippen molar-refractivity contribution in [3.63, 3.8) is 0 Å². The van der Waals surface area contributed by atoms with E-state index in [1.165, 1.54) is 38.6 Å². The molecule has 0 aromatic heterocycles. The molecular formula is C17H33N.